The Morgan fingerprint density at radius 3 is 2.12 bits per heavy atom. The minimum Gasteiger partial charge on any atom is -0.497 e. The first kappa shape index (κ1) is 30.2. The molecule has 1 unspecified atom stereocenters. The van der Waals surface area contributed by atoms with E-state index < -0.39 is 35.8 Å². The average Bonchev–Trinajstić information content (AvgIpc) is 3.04. The fraction of sp³-hybridized carbons (Fsp3) is 0.269. The maximum Gasteiger partial charge on any atom is 0.573 e. The van der Waals surface area contributed by atoms with Crippen molar-refractivity contribution < 1.29 is 55.6 Å². The number of carbonyl (C=O) groups excluding carboxylic acids is 1. The fourth-order valence-electron chi connectivity index (χ4n) is 3.93. The number of carbonyl (C=O) groups is 2. The van der Waals surface area contributed by atoms with Gasteiger partial charge in [0.2, 0.25) is 0 Å². The topological polar surface area (TPSA) is 109 Å². The van der Waals surface area contributed by atoms with E-state index in [4.69, 9.17) is 14.6 Å². The number of fused-ring (bicyclic) bond motifs is 1. The molecule has 1 atom stereocenters. The first-order chi connectivity index (χ1) is 18.5. The molecular formula is C26H22F6N2O6. The summed E-state index contributed by atoms with van der Waals surface area (Å²) in [5.41, 5.74) is 0.111. The number of hydrogen-bond donors (Lipinski definition) is 2. The highest BCUT2D eigenvalue weighted by Gasteiger charge is 2.50. The summed E-state index contributed by atoms with van der Waals surface area (Å²) in [5, 5.41) is 18.6. The molecule has 40 heavy (non-hydrogen) atoms. The van der Waals surface area contributed by atoms with Crippen LogP contribution in [0.25, 0.3) is 0 Å². The summed E-state index contributed by atoms with van der Waals surface area (Å²) in [6.45, 7) is 1.88. The number of aryl methyl sites for hydroxylation is 1. The summed E-state index contributed by atoms with van der Waals surface area (Å²) >= 11 is 0. The molecule has 1 aromatic heterocycles. The number of pyridine rings is 1. The normalized spacial score (nSPS) is 16.6. The largest absolute Gasteiger partial charge is 0.573 e. The van der Waals surface area contributed by atoms with E-state index in [0.29, 0.717) is 22.8 Å². The second kappa shape index (κ2) is 11.4. The van der Waals surface area contributed by atoms with Gasteiger partial charge in [0.05, 0.1) is 19.3 Å². The van der Waals surface area contributed by atoms with Gasteiger partial charge in [-0.15, -0.1) is 13.2 Å². The van der Waals surface area contributed by atoms with Crippen LogP contribution in [0.2, 0.25) is 0 Å². The third-order valence-corrected chi connectivity index (χ3v) is 5.66. The molecule has 1 aliphatic heterocycles. The molecular weight excluding hydrogens is 550 g/mol. The molecule has 2 heterocycles. The molecule has 0 saturated heterocycles. The number of methoxy groups -OCH3 is 1. The minimum atomic E-state index is -5.08. The van der Waals surface area contributed by atoms with Gasteiger partial charge in [-0.1, -0.05) is 18.2 Å². The van der Waals surface area contributed by atoms with Crippen LogP contribution in [-0.2, 0) is 28.2 Å². The Morgan fingerprint density at radius 1 is 1.00 bits per heavy atom. The summed E-state index contributed by atoms with van der Waals surface area (Å²) in [7, 11) is 1.54. The highest BCUT2D eigenvalue weighted by molar-refractivity contribution is 6.07. The number of benzene rings is 2. The van der Waals surface area contributed by atoms with E-state index in [9.17, 15) is 36.2 Å². The Labute approximate surface area is 223 Å². The molecule has 0 bridgehead atoms. The van der Waals surface area contributed by atoms with E-state index in [2.05, 4.69) is 9.72 Å². The number of ether oxygens (including phenoxy) is 2. The van der Waals surface area contributed by atoms with Crippen molar-refractivity contribution >= 4 is 17.6 Å². The van der Waals surface area contributed by atoms with Gasteiger partial charge in [0.15, 0.2) is 5.60 Å². The maximum atomic E-state index is 13.5. The van der Waals surface area contributed by atoms with Crippen LogP contribution in [0.5, 0.6) is 11.5 Å². The van der Waals surface area contributed by atoms with Gasteiger partial charge in [-0.05, 0) is 55.0 Å². The molecule has 3 aromatic rings. The van der Waals surface area contributed by atoms with E-state index in [1.807, 2.05) is 0 Å². The Hall–Kier alpha value is -4.33. The van der Waals surface area contributed by atoms with Gasteiger partial charge < -0.3 is 24.6 Å². The minimum absolute atomic E-state index is 0.0334. The number of amides is 1. The molecule has 0 fully saturated rings. The number of aromatic nitrogens is 1. The quantitative estimate of drug-likeness (QED) is 0.404. The number of hydrogen-bond acceptors (Lipinski definition) is 6. The standard InChI is InChI=1S/C24H21F3N2O4.C2HF3O2/c1-15-4-3-5-17(28-15)13-23(31)20-12-19(33-24(25,26)27)10-11-21(20)29(22(23)30)14-16-6-8-18(32-2)9-7-16;3-2(4,5)1(6)7/h3-12,31H,13-14H2,1-2H3;(H,6,7). The lowest BCUT2D eigenvalue weighted by Gasteiger charge is -2.23. The van der Waals surface area contributed by atoms with Gasteiger partial charge in [0, 0.05) is 23.4 Å². The van der Waals surface area contributed by atoms with Crippen molar-refractivity contribution in [1.82, 2.24) is 4.98 Å². The molecule has 0 spiro atoms. The van der Waals surface area contributed by atoms with E-state index in [0.717, 1.165) is 17.7 Å². The Kier molecular flexibility index (Phi) is 8.63. The third-order valence-electron chi connectivity index (χ3n) is 5.66. The third kappa shape index (κ3) is 7.20. The summed E-state index contributed by atoms with van der Waals surface area (Å²) in [6, 6.07) is 15.7. The number of halogens is 6. The highest BCUT2D eigenvalue weighted by atomic mass is 19.4. The second-order valence-electron chi connectivity index (χ2n) is 8.58. The zero-order valence-electron chi connectivity index (χ0n) is 20.9. The summed E-state index contributed by atoms with van der Waals surface area (Å²) in [6.07, 6.45) is -10.2. The number of carboxylic acid groups (broad SMARTS) is 1. The number of rotatable bonds is 6. The lowest BCUT2D eigenvalue weighted by Crippen LogP contribution is -2.41. The molecule has 14 heteroatoms. The van der Waals surface area contributed by atoms with Crippen molar-refractivity contribution in [2.45, 2.75) is 38.0 Å². The van der Waals surface area contributed by atoms with Crippen molar-refractivity contribution in [2.75, 3.05) is 12.0 Å². The number of aliphatic carboxylic acids is 1. The van der Waals surface area contributed by atoms with Gasteiger partial charge in [-0.3, -0.25) is 9.78 Å². The highest BCUT2D eigenvalue weighted by Crippen LogP contribution is 2.45. The maximum absolute atomic E-state index is 13.5. The molecule has 0 aliphatic carbocycles. The predicted octanol–water partition coefficient (Wildman–Crippen LogP) is 4.91. The van der Waals surface area contributed by atoms with Crippen molar-refractivity contribution in [3.63, 3.8) is 0 Å². The number of anilines is 1. The molecule has 1 amide bonds. The van der Waals surface area contributed by atoms with Crippen LogP contribution in [0.1, 0.15) is 22.5 Å². The van der Waals surface area contributed by atoms with Crippen LogP contribution in [0.4, 0.5) is 32.0 Å². The van der Waals surface area contributed by atoms with Gasteiger partial charge in [0.25, 0.3) is 5.91 Å². The van der Waals surface area contributed by atoms with Crippen LogP contribution in [-0.4, -0.2) is 46.7 Å². The molecule has 2 N–H and O–H groups in total. The van der Waals surface area contributed by atoms with Crippen molar-refractivity contribution in [1.29, 1.82) is 0 Å². The SMILES string of the molecule is COc1ccc(CN2C(=O)C(O)(Cc3cccc(C)n3)c3cc(OC(F)(F)F)ccc32)cc1.O=C(O)C(F)(F)F. The average molecular weight is 572 g/mol. The fourth-order valence-corrected chi connectivity index (χ4v) is 3.93. The van der Waals surface area contributed by atoms with Crippen LogP contribution in [0, 0.1) is 6.92 Å². The number of aliphatic hydroxyl groups is 1. The van der Waals surface area contributed by atoms with Crippen LogP contribution >= 0.6 is 0 Å². The van der Waals surface area contributed by atoms with E-state index >= 15 is 0 Å². The Balaban J connectivity index is 0.000000559. The van der Waals surface area contributed by atoms with Crippen molar-refractivity contribution in [3.8, 4) is 11.5 Å². The zero-order valence-corrected chi connectivity index (χ0v) is 20.9. The van der Waals surface area contributed by atoms with Gasteiger partial charge >= 0.3 is 18.5 Å². The molecule has 0 radical (unpaired) electrons. The first-order valence-electron chi connectivity index (χ1n) is 11.3. The zero-order chi connectivity index (χ0) is 29.9. The van der Waals surface area contributed by atoms with Gasteiger partial charge in [-0.25, -0.2) is 4.79 Å². The molecule has 4 rings (SSSR count). The smallest absolute Gasteiger partial charge is 0.497 e. The van der Waals surface area contributed by atoms with Gasteiger partial charge in [-0.2, -0.15) is 13.2 Å². The van der Waals surface area contributed by atoms with Crippen LogP contribution in [0.3, 0.4) is 0 Å². The molecule has 2 aromatic carbocycles. The lowest BCUT2D eigenvalue weighted by atomic mass is 9.90. The second-order valence-corrected chi connectivity index (χ2v) is 8.58. The molecule has 1 aliphatic rings. The van der Waals surface area contributed by atoms with Crippen LogP contribution < -0.4 is 14.4 Å². The molecule has 0 saturated carbocycles. The van der Waals surface area contributed by atoms with Crippen molar-refractivity contribution in [2.24, 2.45) is 0 Å². The monoisotopic (exact) mass is 572 g/mol. The molecule has 8 nitrogen and oxygen atoms in total. The van der Waals surface area contributed by atoms with Crippen LogP contribution in [0.15, 0.2) is 60.7 Å². The van der Waals surface area contributed by atoms with E-state index in [1.54, 1.807) is 49.4 Å². The molecule has 214 valence electrons. The summed E-state index contributed by atoms with van der Waals surface area (Å²) < 4.78 is 79.3. The Bertz CT molecular complexity index is 1380. The summed E-state index contributed by atoms with van der Waals surface area (Å²) in [4.78, 5) is 28.0. The van der Waals surface area contributed by atoms with Gasteiger partial charge in [0.1, 0.15) is 11.5 Å². The number of carboxylic acids is 1. The Morgan fingerprint density at radius 2 is 1.60 bits per heavy atom. The number of alkyl halides is 6. The predicted molar refractivity (Wildman–Crippen MR) is 128 cm³/mol. The summed E-state index contributed by atoms with van der Waals surface area (Å²) in [5.74, 6) is -3.29. The lowest BCUT2D eigenvalue weighted by molar-refractivity contribution is -0.274. The number of nitrogens with zero attached hydrogens (tertiary/aromatic N) is 2. The van der Waals surface area contributed by atoms with Crippen molar-refractivity contribution in [3.05, 3.63) is 83.2 Å². The van der Waals surface area contributed by atoms with E-state index in [-0.39, 0.29) is 18.5 Å². The first-order valence-corrected chi connectivity index (χ1v) is 11.3. The van der Waals surface area contributed by atoms with E-state index in [1.165, 1.54) is 18.1 Å².